The average Bonchev–Trinajstić information content (AvgIpc) is 3.56. The summed E-state index contributed by atoms with van der Waals surface area (Å²) in [5.74, 6) is 1.34. The fraction of sp³-hybridized carbons (Fsp3) is 0.417. The van der Waals surface area contributed by atoms with Crippen LogP contribution in [0.4, 0.5) is 11.8 Å². The Balaban J connectivity index is 1.35. The number of carbonyl (C=O) groups is 2. The minimum absolute atomic E-state index is 0.162. The van der Waals surface area contributed by atoms with Gasteiger partial charge in [0.15, 0.2) is 0 Å². The lowest BCUT2D eigenvalue weighted by molar-refractivity contribution is -0.134. The molecule has 178 valence electrons. The molecule has 10 heteroatoms. The molecule has 3 heterocycles. The first-order valence-electron chi connectivity index (χ1n) is 11.4. The Hall–Kier alpha value is -3.40. The zero-order valence-electron chi connectivity index (χ0n) is 19.2. The molecule has 9 nitrogen and oxygen atoms in total. The van der Waals surface area contributed by atoms with Gasteiger partial charge in [0.1, 0.15) is 16.4 Å². The molecule has 3 aromatic rings. The molecule has 0 spiro atoms. The summed E-state index contributed by atoms with van der Waals surface area (Å²) in [6.45, 7) is 4.39. The number of benzene rings is 1. The number of nitrogen functional groups attached to an aromatic ring is 1. The largest absolute Gasteiger partial charge is 0.497 e. The number of hydrogen-bond acceptors (Lipinski definition) is 9. The van der Waals surface area contributed by atoms with Crippen LogP contribution in [-0.2, 0) is 14.9 Å². The van der Waals surface area contributed by atoms with E-state index in [4.69, 9.17) is 15.2 Å². The van der Waals surface area contributed by atoms with Crippen molar-refractivity contribution in [3.8, 4) is 5.75 Å². The molecule has 1 amide bonds. The summed E-state index contributed by atoms with van der Waals surface area (Å²) in [5.41, 5.74) is 7.04. The van der Waals surface area contributed by atoms with Gasteiger partial charge in [0, 0.05) is 31.6 Å². The quantitative estimate of drug-likeness (QED) is 0.535. The maximum absolute atomic E-state index is 13.5. The Kier molecular flexibility index (Phi) is 5.76. The smallest absolute Gasteiger partial charge is 0.339 e. The van der Waals surface area contributed by atoms with Gasteiger partial charge < -0.3 is 25.0 Å². The molecule has 0 bridgehead atoms. The number of ether oxygens (including phenoxy) is 2. The third-order valence-electron chi connectivity index (χ3n) is 6.60. The third-order valence-corrected chi connectivity index (χ3v) is 7.47. The van der Waals surface area contributed by atoms with Gasteiger partial charge in [0.25, 0.3) is 0 Å². The van der Waals surface area contributed by atoms with Crippen LogP contribution in [0.3, 0.4) is 0 Å². The van der Waals surface area contributed by atoms with Crippen molar-refractivity contribution in [2.24, 2.45) is 0 Å². The Morgan fingerprint density at radius 3 is 2.44 bits per heavy atom. The highest BCUT2D eigenvalue weighted by atomic mass is 32.1. The number of thiophene rings is 1. The third kappa shape index (κ3) is 3.81. The normalized spacial score (nSPS) is 17.0. The predicted octanol–water partition coefficient (Wildman–Crippen LogP) is 2.84. The average molecular weight is 482 g/mol. The van der Waals surface area contributed by atoms with Gasteiger partial charge in [-0.05, 0) is 37.5 Å². The van der Waals surface area contributed by atoms with Crippen molar-refractivity contribution in [3.05, 3.63) is 40.8 Å². The van der Waals surface area contributed by atoms with Crippen molar-refractivity contribution in [1.29, 1.82) is 0 Å². The number of anilines is 2. The van der Waals surface area contributed by atoms with Crippen LogP contribution in [0.2, 0.25) is 0 Å². The summed E-state index contributed by atoms with van der Waals surface area (Å²) in [6.07, 6.45) is 1.72. The van der Waals surface area contributed by atoms with E-state index in [-0.39, 0.29) is 18.5 Å². The molecule has 2 fully saturated rings. The number of hydrogen-bond donors (Lipinski definition) is 1. The number of nitrogens with zero attached hydrogens (tertiary/aromatic N) is 4. The van der Waals surface area contributed by atoms with Crippen LogP contribution in [0.25, 0.3) is 10.2 Å². The van der Waals surface area contributed by atoms with Gasteiger partial charge in [-0.25, -0.2) is 9.78 Å². The molecule has 2 aromatic heterocycles. The lowest BCUT2D eigenvalue weighted by atomic mass is 9.94. The van der Waals surface area contributed by atoms with Crippen molar-refractivity contribution in [2.45, 2.75) is 25.2 Å². The first kappa shape index (κ1) is 22.4. The standard InChI is InChI=1S/C24H27N5O4S/c1-3-33-21(30)17-14-34-20-18(17)19(26-23(25)27-20)28-10-12-29(13-11-28)22(31)24(8-9-24)15-4-6-16(32-2)7-5-15/h4-7,14H,3,8-13H2,1-2H3,(H2,25,26,27). The van der Waals surface area contributed by atoms with Gasteiger partial charge in [0.2, 0.25) is 11.9 Å². The zero-order chi connectivity index (χ0) is 23.9. The van der Waals surface area contributed by atoms with E-state index in [0.29, 0.717) is 47.8 Å². The fourth-order valence-corrected chi connectivity index (χ4v) is 5.52. The van der Waals surface area contributed by atoms with E-state index in [1.807, 2.05) is 29.2 Å². The fourth-order valence-electron chi connectivity index (χ4n) is 4.61. The minimum atomic E-state index is -0.425. The molecule has 1 saturated carbocycles. The summed E-state index contributed by atoms with van der Waals surface area (Å²) >= 11 is 1.35. The highest BCUT2D eigenvalue weighted by Crippen LogP contribution is 2.50. The van der Waals surface area contributed by atoms with Gasteiger partial charge in [-0.15, -0.1) is 11.3 Å². The second kappa shape index (κ2) is 8.75. The molecule has 0 unspecified atom stereocenters. The first-order valence-corrected chi connectivity index (χ1v) is 12.3. The van der Waals surface area contributed by atoms with Crippen LogP contribution in [0.15, 0.2) is 29.6 Å². The molecule has 1 aliphatic carbocycles. The lowest BCUT2D eigenvalue weighted by Gasteiger charge is -2.37. The van der Waals surface area contributed by atoms with E-state index < -0.39 is 11.4 Å². The van der Waals surface area contributed by atoms with E-state index >= 15 is 0 Å². The van der Waals surface area contributed by atoms with Crippen molar-refractivity contribution in [3.63, 3.8) is 0 Å². The number of esters is 1. The number of piperazine rings is 1. The molecule has 5 rings (SSSR count). The van der Waals surface area contributed by atoms with Gasteiger partial charge in [-0.1, -0.05) is 12.1 Å². The van der Waals surface area contributed by atoms with Crippen LogP contribution in [0.1, 0.15) is 35.7 Å². The molecular formula is C24H27N5O4S. The van der Waals surface area contributed by atoms with Crippen LogP contribution in [-0.4, -0.2) is 66.6 Å². The van der Waals surface area contributed by atoms with Crippen molar-refractivity contribution in [1.82, 2.24) is 14.9 Å². The van der Waals surface area contributed by atoms with Crippen LogP contribution < -0.4 is 15.4 Å². The molecule has 1 aliphatic heterocycles. The summed E-state index contributed by atoms with van der Waals surface area (Å²) < 4.78 is 10.5. The highest BCUT2D eigenvalue weighted by molar-refractivity contribution is 7.17. The SMILES string of the molecule is CCOC(=O)c1csc2nc(N)nc(N3CCN(C(=O)C4(c5ccc(OC)cc5)CC4)CC3)c12. The number of rotatable bonds is 6. The molecule has 0 atom stereocenters. The van der Waals surface area contributed by atoms with Crippen LogP contribution in [0.5, 0.6) is 5.75 Å². The minimum Gasteiger partial charge on any atom is -0.497 e. The number of carbonyl (C=O) groups excluding carboxylic acids is 2. The van der Waals surface area contributed by atoms with E-state index in [0.717, 1.165) is 24.2 Å². The summed E-state index contributed by atoms with van der Waals surface area (Å²) in [7, 11) is 1.64. The van der Waals surface area contributed by atoms with Gasteiger partial charge in [0.05, 0.1) is 30.1 Å². The molecule has 1 saturated heterocycles. The monoisotopic (exact) mass is 481 g/mol. The number of fused-ring (bicyclic) bond motifs is 1. The van der Waals surface area contributed by atoms with E-state index in [1.165, 1.54) is 11.3 Å². The first-order chi connectivity index (χ1) is 16.5. The summed E-state index contributed by atoms with van der Waals surface area (Å²) in [5, 5.41) is 2.40. The van der Waals surface area contributed by atoms with Crippen molar-refractivity contribution < 1.29 is 19.1 Å². The number of amides is 1. The lowest BCUT2D eigenvalue weighted by Crippen LogP contribution is -2.52. The number of aromatic nitrogens is 2. The summed E-state index contributed by atoms with van der Waals surface area (Å²) in [6, 6.07) is 7.81. The second-order valence-electron chi connectivity index (χ2n) is 8.55. The Bertz CT molecular complexity index is 1230. The molecule has 2 N–H and O–H groups in total. The molecular weight excluding hydrogens is 454 g/mol. The topological polar surface area (TPSA) is 111 Å². The zero-order valence-corrected chi connectivity index (χ0v) is 20.1. The molecule has 2 aliphatic rings. The van der Waals surface area contributed by atoms with Gasteiger partial charge in [-0.3, -0.25) is 4.79 Å². The maximum atomic E-state index is 13.5. The van der Waals surface area contributed by atoms with E-state index in [9.17, 15) is 9.59 Å². The second-order valence-corrected chi connectivity index (χ2v) is 9.40. The number of methoxy groups -OCH3 is 1. The molecule has 34 heavy (non-hydrogen) atoms. The maximum Gasteiger partial charge on any atom is 0.339 e. The number of nitrogens with two attached hydrogens (primary N) is 1. The predicted molar refractivity (Wildman–Crippen MR) is 130 cm³/mol. The van der Waals surface area contributed by atoms with E-state index in [2.05, 4.69) is 14.9 Å². The summed E-state index contributed by atoms with van der Waals surface area (Å²) in [4.78, 5) is 39.4. The Morgan fingerprint density at radius 1 is 1.12 bits per heavy atom. The highest BCUT2D eigenvalue weighted by Gasteiger charge is 2.53. The van der Waals surface area contributed by atoms with Gasteiger partial charge >= 0.3 is 5.97 Å². The van der Waals surface area contributed by atoms with Crippen molar-refractivity contribution in [2.75, 3.05) is 50.5 Å². The van der Waals surface area contributed by atoms with Gasteiger partial charge in [-0.2, -0.15) is 4.98 Å². The van der Waals surface area contributed by atoms with Crippen LogP contribution >= 0.6 is 11.3 Å². The molecule has 0 radical (unpaired) electrons. The Morgan fingerprint density at radius 2 is 1.82 bits per heavy atom. The van der Waals surface area contributed by atoms with Crippen molar-refractivity contribution >= 4 is 45.2 Å². The van der Waals surface area contributed by atoms with E-state index in [1.54, 1.807) is 19.4 Å². The van der Waals surface area contributed by atoms with Crippen LogP contribution in [0, 0.1) is 0 Å². The molecule has 1 aromatic carbocycles. The Labute approximate surface area is 201 Å².